The summed E-state index contributed by atoms with van der Waals surface area (Å²) in [5.41, 5.74) is 0.987. The molecule has 20 heavy (non-hydrogen) atoms. The summed E-state index contributed by atoms with van der Waals surface area (Å²) in [4.78, 5) is 12.1. The Labute approximate surface area is 116 Å². The monoisotopic (exact) mass is 273 g/mol. The van der Waals surface area contributed by atoms with Gasteiger partial charge in [0.1, 0.15) is 0 Å². The summed E-state index contributed by atoms with van der Waals surface area (Å²) in [5.74, 6) is -1.40. The molecule has 1 atom stereocenters. The lowest BCUT2D eigenvalue weighted by Gasteiger charge is -2.13. The highest BCUT2D eigenvalue weighted by Crippen LogP contribution is 2.29. The van der Waals surface area contributed by atoms with Gasteiger partial charge in [-0.1, -0.05) is 24.3 Å². The molecule has 0 spiro atoms. The van der Waals surface area contributed by atoms with E-state index in [1.807, 2.05) is 0 Å². The fraction of sp³-hybridized carbons (Fsp3) is 0.133. The lowest BCUT2D eigenvalue weighted by molar-refractivity contribution is 0.102. The zero-order chi connectivity index (χ0) is 14.7. The van der Waals surface area contributed by atoms with Gasteiger partial charge in [-0.05, 0) is 25.1 Å². The van der Waals surface area contributed by atoms with Crippen LogP contribution in [-0.2, 0) is 0 Å². The number of para-hydroxylation sites is 2. The number of phenolic OH excluding ortho intramolecular Hbond substituents is 2. The Morgan fingerprint density at radius 1 is 1.10 bits per heavy atom. The molecular weight excluding hydrogens is 258 g/mol. The van der Waals surface area contributed by atoms with Crippen LogP contribution >= 0.6 is 0 Å². The Hall–Kier alpha value is -2.53. The van der Waals surface area contributed by atoms with Crippen LogP contribution in [0.25, 0.3) is 0 Å². The summed E-state index contributed by atoms with van der Waals surface area (Å²) < 4.78 is 0. The summed E-state index contributed by atoms with van der Waals surface area (Å²) in [7, 11) is 0. The lowest BCUT2D eigenvalue weighted by Crippen LogP contribution is -2.14. The molecule has 104 valence electrons. The summed E-state index contributed by atoms with van der Waals surface area (Å²) in [6.07, 6.45) is -0.732. The SMILES string of the molecule is CC(O)c1ccccc1NC(=O)c1cccc(O)c1O. The second kappa shape index (κ2) is 5.63. The summed E-state index contributed by atoms with van der Waals surface area (Å²) in [6.45, 7) is 1.59. The van der Waals surface area contributed by atoms with Crippen molar-refractivity contribution in [1.29, 1.82) is 0 Å². The van der Waals surface area contributed by atoms with Crippen molar-refractivity contribution < 1.29 is 20.1 Å². The molecule has 5 heteroatoms. The predicted octanol–water partition coefficient (Wildman–Crippen LogP) is 2.40. The Bertz CT molecular complexity index is 638. The average molecular weight is 273 g/mol. The van der Waals surface area contributed by atoms with Gasteiger partial charge in [0.05, 0.1) is 11.7 Å². The maximum absolute atomic E-state index is 12.1. The first-order valence-corrected chi connectivity index (χ1v) is 6.10. The highest BCUT2D eigenvalue weighted by molar-refractivity contribution is 6.07. The number of nitrogens with one attached hydrogen (secondary N) is 1. The molecule has 5 nitrogen and oxygen atoms in total. The van der Waals surface area contributed by atoms with Gasteiger partial charge in [0.2, 0.25) is 0 Å². The van der Waals surface area contributed by atoms with Crippen molar-refractivity contribution in [3.8, 4) is 11.5 Å². The third kappa shape index (κ3) is 2.73. The predicted molar refractivity (Wildman–Crippen MR) is 74.8 cm³/mol. The Balaban J connectivity index is 2.31. The topological polar surface area (TPSA) is 89.8 Å². The van der Waals surface area contributed by atoms with Crippen molar-refractivity contribution in [1.82, 2.24) is 0 Å². The van der Waals surface area contributed by atoms with Gasteiger partial charge in [-0.25, -0.2) is 0 Å². The smallest absolute Gasteiger partial charge is 0.259 e. The number of carbonyl (C=O) groups is 1. The van der Waals surface area contributed by atoms with Crippen LogP contribution in [0.2, 0.25) is 0 Å². The van der Waals surface area contributed by atoms with E-state index >= 15 is 0 Å². The second-order valence-electron chi connectivity index (χ2n) is 4.39. The van der Waals surface area contributed by atoms with Crippen molar-refractivity contribution in [2.75, 3.05) is 5.32 Å². The van der Waals surface area contributed by atoms with Gasteiger partial charge < -0.3 is 20.6 Å². The molecule has 1 amide bonds. The molecule has 0 aliphatic rings. The number of phenols is 2. The molecule has 2 aromatic rings. The minimum atomic E-state index is -0.732. The third-order valence-electron chi connectivity index (χ3n) is 2.92. The third-order valence-corrected chi connectivity index (χ3v) is 2.92. The molecular formula is C15H15NO4. The molecule has 0 heterocycles. The van der Waals surface area contributed by atoms with E-state index in [1.165, 1.54) is 18.2 Å². The molecule has 0 saturated heterocycles. The van der Waals surface area contributed by atoms with Crippen molar-refractivity contribution in [2.45, 2.75) is 13.0 Å². The van der Waals surface area contributed by atoms with Crippen molar-refractivity contribution >= 4 is 11.6 Å². The number of aromatic hydroxyl groups is 2. The fourth-order valence-electron chi connectivity index (χ4n) is 1.88. The Morgan fingerprint density at radius 3 is 2.50 bits per heavy atom. The first-order chi connectivity index (χ1) is 9.50. The largest absolute Gasteiger partial charge is 0.504 e. The molecule has 0 aliphatic carbocycles. The average Bonchev–Trinajstić information content (AvgIpc) is 2.42. The zero-order valence-electron chi connectivity index (χ0n) is 10.9. The van der Waals surface area contributed by atoms with Crippen LogP contribution in [0.5, 0.6) is 11.5 Å². The van der Waals surface area contributed by atoms with Crippen LogP contribution < -0.4 is 5.32 Å². The maximum Gasteiger partial charge on any atom is 0.259 e. The van der Waals surface area contributed by atoms with E-state index in [2.05, 4.69) is 5.32 Å². The molecule has 0 saturated carbocycles. The fourth-order valence-corrected chi connectivity index (χ4v) is 1.88. The minimum Gasteiger partial charge on any atom is -0.504 e. The molecule has 2 rings (SSSR count). The summed E-state index contributed by atoms with van der Waals surface area (Å²) in [5, 5.41) is 31.3. The summed E-state index contributed by atoms with van der Waals surface area (Å²) in [6, 6.07) is 11.0. The van der Waals surface area contributed by atoms with E-state index in [9.17, 15) is 20.1 Å². The maximum atomic E-state index is 12.1. The number of hydrogen-bond acceptors (Lipinski definition) is 4. The van der Waals surface area contributed by atoms with Gasteiger partial charge in [0, 0.05) is 11.3 Å². The number of amides is 1. The molecule has 0 fully saturated rings. The number of hydrogen-bond donors (Lipinski definition) is 4. The standard InChI is InChI=1S/C15H15NO4/c1-9(17)10-5-2-3-7-12(10)16-15(20)11-6-4-8-13(18)14(11)19/h2-9,17-19H,1H3,(H,16,20). The van der Waals surface area contributed by atoms with Gasteiger partial charge in [-0.15, -0.1) is 0 Å². The number of rotatable bonds is 3. The van der Waals surface area contributed by atoms with E-state index in [4.69, 9.17) is 0 Å². The van der Waals surface area contributed by atoms with E-state index in [0.29, 0.717) is 11.3 Å². The molecule has 1 unspecified atom stereocenters. The summed E-state index contributed by atoms with van der Waals surface area (Å²) >= 11 is 0. The van der Waals surface area contributed by atoms with Gasteiger partial charge in [-0.3, -0.25) is 4.79 Å². The van der Waals surface area contributed by atoms with Gasteiger partial charge in [0.15, 0.2) is 11.5 Å². The van der Waals surface area contributed by atoms with Crippen molar-refractivity contribution in [3.63, 3.8) is 0 Å². The first kappa shape index (κ1) is 13.9. The first-order valence-electron chi connectivity index (χ1n) is 6.10. The van der Waals surface area contributed by atoms with Crippen molar-refractivity contribution in [2.24, 2.45) is 0 Å². The number of benzene rings is 2. The number of carbonyl (C=O) groups excluding carboxylic acids is 1. The highest BCUT2D eigenvalue weighted by atomic mass is 16.3. The van der Waals surface area contributed by atoms with E-state index < -0.39 is 17.8 Å². The van der Waals surface area contributed by atoms with E-state index in [-0.39, 0.29) is 11.3 Å². The molecule has 4 N–H and O–H groups in total. The quantitative estimate of drug-likeness (QED) is 0.646. The lowest BCUT2D eigenvalue weighted by atomic mass is 10.1. The van der Waals surface area contributed by atoms with Crippen molar-refractivity contribution in [3.05, 3.63) is 53.6 Å². The van der Waals surface area contributed by atoms with Crippen LogP contribution in [0, 0.1) is 0 Å². The Kier molecular flexibility index (Phi) is 3.91. The van der Waals surface area contributed by atoms with Gasteiger partial charge in [0.25, 0.3) is 5.91 Å². The molecule has 0 bridgehead atoms. The van der Waals surface area contributed by atoms with Crippen LogP contribution in [0.15, 0.2) is 42.5 Å². The molecule has 0 radical (unpaired) electrons. The van der Waals surface area contributed by atoms with Crippen LogP contribution in [0.3, 0.4) is 0 Å². The Morgan fingerprint density at radius 2 is 1.80 bits per heavy atom. The van der Waals surface area contributed by atoms with Crippen LogP contribution in [0.4, 0.5) is 5.69 Å². The van der Waals surface area contributed by atoms with Gasteiger partial charge in [-0.2, -0.15) is 0 Å². The normalized spacial score (nSPS) is 11.9. The zero-order valence-corrected chi connectivity index (χ0v) is 10.9. The number of aliphatic hydroxyl groups is 1. The minimum absolute atomic E-state index is 0.0367. The van der Waals surface area contributed by atoms with Crippen LogP contribution in [0.1, 0.15) is 28.9 Å². The number of aliphatic hydroxyl groups excluding tert-OH is 1. The van der Waals surface area contributed by atoms with E-state index in [1.54, 1.807) is 31.2 Å². The van der Waals surface area contributed by atoms with E-state index in [0.717, 1.165) is 0 Å². The number of anilines is 1. The molecule has 2 aromatic carbocycles. The second-order valence-corrected chi connectivity index (χ2v) is 4.39. The molecule has 0 aromatic heterocycles. The van der Waals surface area contributed by atoms with Crippen LogP contribution in [-0.4, -0.2) is 21.2 Å². The highest BCUT2D eigenvalue weighted by Gasteiger charge is 2.16. The molecule has 0 aliphatic heterocycles. The van der Waals surface area contributed by atoms with Gasteiger partial charge >= 0.3 is 0 Å².